The van der Waals surface area contributed by atoms with Crippen molar-refractivity contribution in [2.45, 2.75) is 45.4 Å². The Kier molecular flexibility index (Phi) is 7.06. The highest BCUT2D eigenvalue weighted by Gasteiger charge is 2.26. The number of hydrogen-bond acceptors (Lipinski definition) is 4. The number of ether oxygens (including phenoxy) is 1. The summed E-state index contributed by atoms with van der Waals surface area (Å²) in [5, 5.41) is 5.03. The van der Waals surface area contributed by atoms with Gasteiger partial charge >= 0.3 is 6.09 Å². The summed E-state index contributed by atoms with van der Waals surface area (Å²) in [6.07, 6.45) is -0.441. The second kappa shape index (κ2) is 9.72. The molecule has 0 spiro atoms. The molecule has 30 heavy (non-hydrogen) atoms. The van der Waals surface area contributed by atoms with Crippen LogP contribution < -0.4 is 5.32 Å². The van der Waals surface area contributed by atoms with Gasteiger partial charge in [-0.2, -0.15) is 0 Å². The Balaban J connectivity index is 1.96. The van der Waals surface area contributed by atoms with Crippen molar-refractivity contribution < 1.29 is 9.53 Å². The zero-order chi connectivity index (χ0) is 21.6. The Morgan fingerprint density at radius 2 is 1.50 bits per heavy atom. The number of rotatable bonds is 6. The van der Waals surface area contributed by atoms with Crippen LogP contribution in [0.25, 0.3) is 0 Å². The van der Waals surface area contributed by atoms with Gasteiger partial charge in [0, 0.05) is 16.0 Å². The second-order valence-corrected chi connectivity index (χ2v) is 9.07. The Morgan fingerprint density at radius 3 is 1.97 bits per heavy atom. The molecule has 0 aliphatic heterocycles. The predicted molar refractivity (Wildman–Crippen MR) is 124 cm³/mol. The molecule has 2 atom stereocenters. The molecule has 156 valence electrons. The van der Waals surface area contributed by atoms with Crippen LogP contribution in [-0.2, 0) is 4.74 Å². The molecule has 1 heterocycles. The number of hydrogen-bond donors (Lipinski definition) is 1. The molecule has 2 aromatic carbocycles. The monoisotopic (exact) mass is 420 g/mol. The molecule has 3 aromatic rings. The van der Waals surface area contributed by atoms with E-state index in [4.69, 9.17) is 9.73 Å². The molecule has 0 aliphatic carbocycles. The molecule has 1 amide bonds. The highest BCUT2D eigenvalue weighted by Crippen LogP contribution is 2.26. The maximum absolute atomic E-state index is 12.5. The molecule has 3 rings (SSSR count). The van der Waals surface area contributed by atoms with Crippen molar-refractivity contribution in [3.8, 4) is 0 Å². The van der Waals surface area contributed by atoms with Gasteiger partial charge in [0.2, 0.25) is 0 Å². The first-order valence-corrected chi connectivity index (χ1v) is 10.9. The first-order valence-electron chi connectivity index (χ1n) is 10.0. The maximum Gasteiger partial charge on any atom is 0.408 e. The van der Waals surface area contributed by atoms with Gasteiger partial charge in [0.25, 0.3) is 0 Å². The smallest absolute Gasteiger partial charge is 0.408 e. The van der Waals surface area contributed by atoms with Gasteiger partial charge < -0.3 is 10.1 Å². The number of alkyl carbamates (subject to hydrolysis) is 1. The van der Waals surface area contributed by atoms with Crippen LogP contribution in [0.5, 0.6) is 0 Å². The van der Waals surface area contributed by atoms with E-state index in [-0.39, 0.29) is 12.1 Å². The molecule has 0 saturated carbocycles. The zero-order valence-electron chi connectivity index (χ0n) is 17.8. The minimum atomic E-state index is -0.560. The fourth-order valence-electron chi connectivity index (χ4n) is 3.12. The average Bonchev–Trinajstić information content (AvgIpc) is 3.24. The molecule has 1 aromatic heterocycles. The summed E-state index contributed by atoms with van der Waals surface area (Å²) in [6, 6.07) is 23.7. The predicted octanol–water partition coefficient (Wildman–Crippen LogP) is 6.24. The van der Waals surface area contributed by atoms with Gasteiger partial charge in [-0.1, -0.05) is 66.7 Å². The molecule has 0 radical (unpaired) electrons. The molecule has 0 saturated heterocycles. The van der Waals surface area contributed by atoms with Crippen molar-refractivity contribution in [1.29, 1.82) is 0 Å². The minimum absolute atomic E-state index is 0.202. The van der Waals surface area contributed by atoms with E-state index in [1.165, 1.54) is 0 Å². The molecule has 4 nitrogen and oxygen atoms in total. The van der Waals surface area contributed by atoms with Crippen molar-refractivity contribution >= 4 is 23.1 Å². The lowest BCUT2D eigenvalue weighted by molar-refractivity contribution is 0.0498. The van der Waals surface area contributed by atoms with E-state index in [0.717, 1.165) is 21.7 Å². The van der Waals surface area contributed by atoms with Gasteiger partial charge in [0.1, 0.15) is 5.60 Å². The number of nitrogens with one attached hydrogen (secondary N) is 1. The minimum Gasteiger partial charge on any atom is -0.444 e. The molecule has 2 unspecified atom stereocenters. The molecular weight excluding hydrogens is 392 g/mol. The SMILES string of the molecule is CC(N=C(c1ccccc1)c1ccccc1)C(NC(=O)OC(C)(C)C)c1cccs1. The quantitative estimate of drug-likeness (QED) is 0.480. The number of aliphatic imine (C=N–C) groups is 1. The van der Waals surface area contributed by atoms with Crippen molar-refractivity contribution in [3.05, 3.63) is 94.2 Å². The van der Waals surface area contributed by atoms with Crippen LogP contribution in [0.15, 0.2) is 83.2 Å². The first kappa shape index (κ1) is 21.8. The Bertz CT molecular complexity index is 920. The van der Waals surface area contributed by atoms with Crippen LogP contribution in [-0.4, -0.2) is 23.4 Å². The van der Waals surface area contributed by atoms with Gasteiger partial charge in [0.05, 0.1) is 17.8 Å². The summed E-state index contributed by atoms with van der Waals surface area (Å²) >= 11 is 1.60. The van der Waals surface area contributed by atoms with Crippen molar-refractivity contribution in [1.82, 2.24) is 5.32 Å². The van der Waals surface area contributed by atoms with Crippen LogP contribution >= 0.6 is 11.3 Å². The maximum atomic E-state index is 12.5. The lowest BCUT2D eigenvalue weighted by atomic mass is 10.0. The van der Waals surface area contributed by atoms with Gasteiger partial charge in [-0.05, 0) is 39.1 Å². The van der Waals surface area contributed by atoms with Crippen molar-refractivity contribution in [2.24, 2.45) is 4.99 Å². The fraction of sp³-hybridized carbons (Fsp3) is 0.280. The van der Waals surface area contributed by atoms with Crippen LogP contribution in [0.1, 0.15) is 49.7 Å². The van der Waals surface area contributed by atoms with Crippen molar-refractivity contribution in [2.75, 3.05) is 0 Å². The van der Waals surface area contributed by atoms with Crippen LogP contribution in [0.4, 0.5) is 4.79 Å². The van der Waals surface area contributed by atoms with Crippen molar-refractivity contribution in [3.63, 3.8) is 0 Å². The largest absolute Gasteiger partial charge is 0.444 e. The van der Waals surface area contributed by atoms with Crippen LogP contribution in [0.2, 0.25) is 0 Å². The lowest BCUT2D eigenvalue weighted by Gasteiger charge is -2.26. The topological polar surface area (TPSA) is 50.7 Å². The van der Waals surface area contributed by atoms with Crippen LogP contribution in [0.3, 0.4) is 0 Å². The number of thiophene rings is 1. The molecule has 1 N–H and O–H groups in total. The highest BCUT2D eigenvalue weighted by atomic mass is 32.1. The van der Waals surface area contributed by atoms with Gasteiger partial charge in [-0.3, -0.25) is 4.99 Å². The van der Waals surface area contributed by atoms with E-state index in [2.05, 4.69) is 29.6 Å². The summed E-state index contributed by atoms with van der Waals surface area (Å²) < 4.78 is 5.50. The molecule has 0 aliphatic rings. The van der Waals surface area contributed by atoms with E-state index in [9.17, 15) is 4.79 Å². The van der Waals surface area contributed by atoms with Gasteiger partial charge in [-0.25, -0.2) is 4.79 Å². The Labute approximate surface area is 182 Å². The van der Waals surface area contributed by atoms with Crippen LogP contribution in [0, 0.1) is 0 Å². The number of nitrogens with zero attached hydrogens (tertiary/aromatic N) is 1. The Morgan fingerprint density at radius 1 is 0.933 bits per heavy atom. The van der Waals surface area contributed by atoms with E-state index < -0.39 is 11.7 Å². The number of carbonyl (C=O) groups excluding carboxylic acids is 1. The highest BCUT2D eigenvalue weighted by molar-refractivity contribution is 7.10. The first-order chi connectivity index (χ1) is 14.3. The zero-order valence-corrected chi connectivity index (χ0v) is 18.6. The van der Waals surface area contributed by atoms with E-state index in [1.54, 1.807) is 11.3 Å². The molecule has 0 bridgehead atoms. The van der Waals surface area contributed by atoms with E-state index >= 15 is 0 Å². The molecular formula is C25H28N2O2S. The normalized spacial score (nSPS) is 13.2. The van der Waals surface area contributed by atoms with Gasteiger partial charge in [-0.15, -0.1) is 11.3 Å². The lowest BCUT2D eigenvalue weighted by Crippen LogP contribution is -2.38. The summed E-state index contributed by atoms with van der Waals surface area (Å²) in [4.78, 5) is 18.6. The van der Waals surface area contributed by atoms with E-state index in [0.29, 0.717) is 0 Å². The molecule has 5 heteroatoms. The third-order valence-electron chi connectivity index (χ3n) is 4.43. The summed E-state index contributed by atoms with van der Waals surface area (Å²) in [6.45, 7) is 7.60. The van der Waals surface area contributed by atoms with Gasteiger partial charge in [0.15, 0.2) is 0 Å². The summed E-state index contributed by atoms with van der Waals surface area (Å²) in [5.74, 6) is 0. The molecule has 0 fully saturated rings. The fourth-order valence-corrected chi connectivity index (χ4v) is 3.99. The standard InChI is InChI=1S/C25H28N2O2S/c1-18(22(21-16-11-17-30-21)27-24(28)29-25(2,3)4)26-23(19-12-7-5-8-13-19)20-14-9-6-10-15-20/h5-18,22H,1-4H3,(H,27,28). The Hall–Kier alpha value is -2.92. The third kappa shape index (κ3) is 6.04. The summed E-state index contributed by atoms with van der Waals surface area (Å²) in [7, 11) is 0. The number of benzene rings is 2. The number of amides is 1. The average molecular weight is 421 g/mol. The number of carbonyl (C=O) groups is 1. The third-order valence-corrected chi connectivity index (χ3v) is 5.39. The summed E-state index contributed by atoms with van der Waals surface area (Å²) in [5.41, 5.74) is 2.42. The second-order valence-electron chi connectivity index (χ2n) is 8.09. The van der Waals surface area contributed by atoms with E-state index in [1.807, 2.05) is 81.6 Å².